The molecule has 192 valence electrons. The fourth-order valence-corrected chi connectivity index (χ4v) is 3.31. The lowest BCUT2D eigenvalue weighted by Gasteiger charge is -2.10. The van der Waals surface area contributed by atoms with E-state index in [4.69, 9.17) is 18.9 Å². The van der Waals surface area contributed by atoms with Gasteiger partial charge in [-0.1, -0.05) is 48.5 Å². The third kappa shape index (κ3) is 7.69. The van der Waals surface area contributed by atoms with Crippen molar-refractivity contribution in [3.63, 3.8) is 0 Å². The highest BCUT2D eigenvalue weighted by Gasteiger charge is 2.12. The molecule has 0 heterocycles. The van der Waals surface area contributed by atoms with E-state index in [0.29, 0.717) is 35.0 Å². The summed E-state index contributed by atoms with van der Waals surface area (Å²) in [5, 5.41) is 3.95. The fourth-order valence-electron chi connectivity index (χ4n) is 3.31. The predicted molar refractivity (Wildman–Crippen MR) is 143 cm³/mol. The summed E-state index contributed by atoms with van der Waals surface area (Å²) in [5.74, 6) is 0.933. The Balaban J connectivity index is 1.23. The highest BCUT2D eigenvalue weighted by molar-refractivity contribution is 5.91. The molecule has 0 spiro atoms. The highest BCUT2D eigenvalue weighted by atomic mass is 16.6. The predicted octanol–water partition coefficient (Wildman–Crippen LogP) is 5.02. The van der Waals surface area contributed by atoms with Gasteiger partial charge in [-0.25, -0.2) is 10.2 Å². The largest absolute Gasteiger partial charge is 0.493 e. The summed E-state index contributed by atoms with van der Waals surface area (Å²) in [6.45, 7) is 0.258. The van der Waals surface area contributed by atoms with E-state index < -0.39 is 11.9 Å². The number of carbonyl (C=O) groups is 2. The van der Waals surface area contributed by atoms with Crippen LogP contribution < -0.4 is 24.4 Å². The van der Waals surface area contributed by atoms with Crippen molar-refractivity contribution < 1.29 is 28.5 Å². The molecule has 1 amide bonds. The minimum Gasteiger partial charge on any atom is -0.493 e. The molecule has 1 N–H and O–H groups in total. The van der Waals surface area contributed by atoms with Crippen LogP contribution in [0.3, 0.4) is 0 Å². The SMILES string of the molecule is COc1cc(/C=N/NC(=O)COc2ccc(OCc3ccccc3)cc2)ccc1OC(=O)c1ccccc1. The van der Waals surface area contributed by atoms with Gasteiger partial charge in [0.1, 0.15) is 18.1 Å². The van der Waals surface area contributed by atoms with Crippen LogP contribution in [-0.4, -0.2) is 31.8 Å². The first-order chi connectivity index (χ1) is 18.6. The third-order valence-electron chi connectivity index (χ3n) is 5.24. The Morgan fingerprint density at radius 1 is 0.789 bits per heavy atom. The minimum atomic E-state index is -0.494. The molecule has 4 aromatic rings. The molecular weight excluding hydrogens is 484 g/mol. The van der Waals surface area contributed by atoms with Gasteiger partial charge < -0.3 is 18.9 Å². The van der Waals surface area contributed by atoms with Crippen molar-refractivity contribution in [1.82, 2.24) is 5.43 Å². The third-order valence-corrected chi connectivity index (χ3v) is 5.24. The Hall–Kier alpha value is -5.11. The Morgan fingerprint density at radius 3 is 2.13 bits per heavy atom. The molecule has 4 rings (SSSR count). The summed E-state index contributed by atoms with van der Waals surface area (Å²) < 4.78 is 22.0. The average molecular weight is 511 g/mol. The number of hydrazone groups is 1. The van der Waals surface area contributed by atoms with Gasteiger partial charge >= 0.3 is 5.97 Å². The summed E-state index contributed by atoms with van der Waals surface area (Å²) in [5.41, 5.74) is 4.55. The molecule has 0 aliphatic rings. The number of amides is 1. The van der Waals surface area contributed by atoms with Gasteiger partial charge in [0.25, 0.3) is 5.91 Å². The van der Waals surface area contributed by atoms with Gasteiger partial charge in [0.2, 0.25) is 0 Å². The van der Waals surface area contributed by atoms with Crippen LogP contribution in [-0.2, 0) is 11.4 Å². The van der Waals surface area contributed by atoms with Crippen molar-refractivity contribution in [3.05, 3.63) is 120 Å². The maximum Gasteiger partial charge on any atom is 0.343 e. The van der Waals surface area contributed by atoms with Crippen molar-refractivity contribution in [1.29, 1.82) is 0 Å². The van der Waals surface area contributed by atoms with Gasteiger partial charge in [-0.05, 0) is 65.7 Å². The second-order valence-electron chi connectivity index (χ2n) is 7.99. The number of rotatable bonds is 11. The first-order valence-corrected chi connectivity index (χ1v) is 11.8. The van der Waals surface area contributed by atoms with E-state index in [1.54, 1.807) is 66.7 Å². The second kappa shape index (κ2) is 13.3. The average Bonchev–Trinajstić information content (AvgIpc) is 2.97. The monoisotopic (exact) mass is 510 g/mol. The molecule has 0 bridgehead atoms. The number of ether oxygens (including phenoxy) is 4. The number of hydrogen-bond donors (Lipinski definition) is 1. The molecule has 0 saturated heterocycles. The lowest BCUT2D eigenvalue weighted by molar-refractivity contribution is -0.123. The van der Waals surface area contributed by atoms with Gasteiger partial charge in [-0.15, -0.1) is 0 Å². The van der Waals surface area contributed by atoms with Gasteiger partial charge in [0.05, 0.1) is 18.9 Å². The number of esters is 1. The van der Waals surface area contributed by atoms with Crippen LogP contribution in [0.5, 0.6) is 23.0 Å². The molecule has 0 unspecified atom stereocenters. The number of nitrogens with zero attached hydrogens (tertiary/aromatic N) is 1. The molecule has 38 heavy (non-hydrogen) atoms. The molecule has 0 fully saturated rings. The van der Waals surface area contributed by atoms with Crippen molar-refractivity contribution in [2.75, 3.05) is 13.7 Å². The van der Waals surface area contributed by atoms with E-state index >= 15 is 0 Å². The maximum atomic E-state index is 12.3. The van der Waals surface area contributed by atoms with Crippen molar-refractivity contribution in [2.45, 2.75) is 6.61 Å². The lowest BCUT2D eigenvalue weighted by Crippen LogP contribution is -2.24. The number of benzene rings is 4. The van der Waals surface area contributed by atoms with Crippen molar-refractivity contribution in [2.24, 2.45) is 5.10 Å². The minimum absolute atomic E-state index is 0.209. The summed E-state index contributed by atoms with van der Waals surface area (Å²) in [6.07, 6.45) is 1.45. The first kappa shape index (κ1) is 26.0. The Kier molecular flexibility index (Phi) is 9.07. The topological polar surface area (TPSA) is 95.5 Å². The molecule has 8 nitrogen and oxygen atoms in total. The van der Waals surface area contributed by atoms with Crippen molar-refractivity contribution >= 4 is 18.1 Å². The zero-order valence-corrected chi connectivity index (χ0v) is 20.7. The van der Waals surface area contributed by atoms with Gasteiger partial charge in [0, 0.05) is 0 Å². The number of nitrogens with one attached hydrogen (secondary N) is 1. The Labute approximate surface area is 220 Å². The maximum absolute atomic E-state index is 12.3. The molecule has 0 atom stereocenters. The zero-order valence-electron chi connectivity index (χ0n) is 20.7. The normalized spacial score (nSPS) is 10.6. The van der Waals surface area contributed by atoms with E-state index in [1.807, 2.05) is 36.4 Å². The summed E-state index contributed by atoms with van der Waals surface area (Å²) in [7, 11) is 1.47. The summed E-state index contributed by atoms with van der Waals surface area (Å²) >= 11 is 0. The van der Waals surface area contributed by atoms with Crippen LogP contribution in [0.25, 0.3) is 0 Å². The van der Waals surface area contributed by atoms with E-state index in [9.17, 15) is 9.59 Å². The van der Waals surface area contributed by atoms with Crippen LogP contribution >= 0.6 is 0 Å². The van der Waals surface area contributed by atoms with Gasteiger partial charge in [-0.2, -0.15) is 5.10 Å². The van der Waals surface area contributed by atoms with Crippen LogP contribution in [0.2, 0.25) is 0 Å². The Morgan fingerprint density at radius 2 is 1.45 bits per heavy atom. The molecule has 0 aliphatic heterocycles. The summed E-state index contributed by atoms with van der Waals surface area (Å²) in [6, 6.07) is 30.5. The van der Waals surface area contributed by atoms with Crippen LogP contribution in [0, 0.1) is 0 Å². The van der Waals surface area contributed by atoms with Crippen LogP contribution in [0.4, 0.5) is 0 Å². The van der Waals surface area contributed by atoms with Crippen molar-refractivity contribution in [3.8, 4) is 23.0 Å². The Bertz CT molecular complexity index is 1370. The molecule has 4 aromatic carbocycles. The molecule has 0 saturated carbocycles. The lowest BCUT2D eigenvalue weighted by atomic mass is 10.2. The quantitative estimate of drug-likeness (QED) is 0.132. The van der Waals surface area contributed by atoms with Crippen LogP contribution in [0.15, 0.2) is 108 Å². The van der Waals surface area contributed by atoms with Crippen LogP contribution in [0.1, 0.15) is 21.5 Å². The smallest absolute Gasteiger partial charge is 0.343 e. The van der Waals surface area contributed by atoms with E-state index in [2.05, 4.69) is 10.5 Å². The number of hydrogen-bond acceptors (Lipinski definition) is 7. The van der Waals surface area contributed by atoms with E-state index in [0.717, 1.165) is 5.56 Å². The second-order valence-corrected chi connectivity index (χ2v) is 7.99. The summed E-state index contributed by atoms with van der Waals surface area (Å²) in [4.78, 5) is 24.4. The number of carbonyl (C=O) groups excluding carboxylic acids is 2. The molecule has 0 aliphatic carbocycles. The highest BCUT2D eigenvalue weighted by Crippen LogP contribution is 2.28. The molecule has 8 heteroatoms. The standard InChI is InChI=1S/C30H26N2O6/c1-35-28-18-23(12-17-27(28)38-30(34)24-10-6-3-7-11-24)19-31-32-29(33)21-37-26-15-13-25(14-16-26)36-20-22-8-4-2-5-9-22/h2-19H,20-21H2,1H3,(H,32,33)/b31-19+. The first-order valence-electron chi connectivity index (χ1n) is 11.8. The molecule has 0 aromatic heterocycles. The molecule has 0 radical (unpaired) electrons. The fraction of sp³-hybridized carbons (Fsp3) is 0.100. The molecular formula is C30H26N2O6. The van der Waals surface area contributed by atoms with Gasteiger partial charge in [-0.3, -0.25) is 4.79 Å². The van der Waals surface area contributed by atoms with E-state index in [1.165, 1.54) is 13.3 Å². The zero-order chi connectivity index (χ0) is 26.6. The van der Waals surface area contributed by atoms with E-state index in [-0.39, 0.29) is 12.4 Å². The number of methoxy groups -OCH3 is 1. The van der Waals surface area contributed by atoms with Gasteiger partial charge in [0.15, 0.2) is 18.1 Å².